The fourth-order valence-electron chi connectivity index (χ4n) is 3.17. The molecule has 0 bridgehead atoms. The summed E-state index contributed by atoms with van der Waals surface area (Å²) in [5.41, 5.74) is 9.30. The zero-order valence-electron chi connectivity index (χ0n) is 15.3. The van der Waals surface area contributed by atoms with E-state index in [0.717, 1.165) is 33.9 Å². The number of halogens is 1. The summed E-state index contributed by atoms with van der Waals surface area (Å²) in [7, 11) is 1.62. The number of nitrogens with zero attached hydrogens (tertiary/aromatic N) is 1. The second kappa shape index (κ2) is 8.22. The number of aromatic nitrogens is 2. The molecule has 1 aliphatic heterocycles. The van der Waals surface area contributed by atoms with Gasteiger partial charge in [-0.1, -0.05) is 12.1 Å². The second-order valence-electron chi connectivity index (χ2n) is 6.45. The molecular weight excluding hydrogens is 380 g/mol. The van der Waals surface area contributed by atoms with Crippen LogP contribution < -0.4 is 20.5 Å². The second-order valence-corrected chi connectivity index (χ2v) is 6.45. The average Bonchev–Trinajstić information content (AvgIpc) is 3.13. The molecule has 2 heterocycles. The van der Waals surface area contributed by atoms with Crippen molar-refractivity contribution in [2.75, 3.05) is 24.8 Å². The number of benzene rings is 2. The van der Waals surface area contributed by atoms with Crippen LogP contribution >= 0.6 is 12.4 Å². The van der Waals surface area contributed by atoms with Gasteiger partial charge < -0.3 is 20.5 Å². The summed E-state index contributed by atoms with van der Waals surface area (Å²) >= 11 is 0. The molecule has 8 heteroatoms. The molecule has 0 saturated carbocycles. The van der Waals surface area contributed by atoms with Gasteiger partial charge in [0.25, 0.3) is 0 Å². The molecule has 4 rings (SSSR count). The maximum absolute atomic E-state index is 12.6. The topological polar surface area (TPSA) is 102 Å². The Kier molecular flexibility index (Phi) is 5.75. The van der Waals surface area contributed by atoms with E-state index in [4.69, 9.17) is 15.2 Å². The van der Waals surface area contributed by atoms with E-state index in [0.29, 0.717) is 18.8 Å². The van der Waals surface area contributed by atoms with Crippen molar-refractivity contribution in [1.29, 1.82) is 0 Å². The highest BCUT2D eigenvalue weighted by Gasteiger charge is 2.26. The van der Waals surface area contributed by atoms with Crippen molar-refractivity contribution in [3.63, 3.8) is 0 Å². The lowest BCUT2D eigenvalue weighted by atomic mass is 9.95. The number of nitrogens with one attached hydrogen (secondary N) is 2. The monoisotopic (exact) mass is 400 g/mol. The number of fused-ring (bicyclic) bond motifs is 1. The molecule has 0 aliphatic carbocycles. The van der Waals surface area contributed by atoms with Gasteiger partial charge in [0.05, 0.1) is 19.2 Å². The number of rotatable bonds is 4. The minimum absolute atomic E-state index is 0. The summed E-state index contributed by atoms with van der Waals surface area (Å²) in [6.07, 6.45) is 2.29. The Morgan fingerprint density at radius 1 is 1.29 bits per heavy atom. The molecule has 146 valence electrons. The quantitative estimate of drug-likeness (QED) is 0.623. The summed E-state index contributed by atoms with van der Waals surface area (Å²) in [5.74, 6) is 1.75. The summed E-state index contributed by atoms with van der Waals surface area (Å²) in [6.45, 7) is 0.356. The van der Waals surface area contributed by atoms with Crippen LogP contribution in [-0.4, -0.2) is 29.8 Å². The summed E-state index contributed by atoms with van der Waals surface area (Å²) < 4.78 is 11.0. The van der Waals surface area contributed by atoms with E-state index < -0.39 is 0 Å². The van der Waals surface area contributed by atoms with Gasteiger partial charge in [0, 0.05) is 11.3 Å². The molecule has 1 unspecified atom stereocenters. The number of anilines is 2. The normalized spacial score (nSPS) is 15.0. The summed E-state index contributed by atoms with van der Waals surface area (Å²) in [4.78, 5) is 12.6. The lowest BCUT2D eigenvalue weighted by molar-refractivity contribution is -0.121. The van der Waals surface area contributed by atoms with Crippen LogP contribution in [0.15, 0.2) is 48.7 Å². The molecule has 0 radical (unpaired) electrons. The molecule has 0 spiro atoms. The zero-order valence-corrected chi connectivity index (χ0v) is 16.1. The van der Waals surface area contributed by atoms with Gasteiger partial charge in [0.2, 0.25) is 5.91 Å². The number of nitrogen functional groups attached to an aromatic ring is 1. The van der Waals surface area contributed by atoms with Gasteiger partial charge in [-0.15, -0.1) is 12.4 Å². The Morgan fingerprint density at radius 2 is 2.07 bits per heavy atom. The molecule has 2 aromatic carbocycles. The molecule has 3 aromatic rings. The van der Waals surface area contributed by atoms with Crippen LogP contribution in [0.25, 0.3) is 11.1 Å². The van der Waals surface area contributed by atoms with Gasteiger partial charge >= 0.3 is 0 Å². The first-order chi connectivity index (χ1) is 13.1. The van der Waals surface area contributed by atoms with Gasteiger partial charge in [-0.05, 0) is 47.9 Å². The number of carbonyl (C=O) groups is 1. The molecule has 1 atom stereocenters. The van der Waals surface area contributed by atoms with Crippen molar-refractivity contribution in [2.45, 2.75) is 6.42 Å². The SMILES string of the molecule is COc1ccc2c(c1)CC(C(=O)Nc1ccc(-c3cn[nH]c3N)cc1)CO2.Cl. The maximum atomic E-state index is 12.6. The van der Waals surface area contributed by atoms with E-state index in [1.807, 2.05) is 42.5 Å². The minimum atomic E-state index is -0.256. The van der Waals surface area contributed by atoms with Crippen LogP contribution in [0.4, 0.5) is 11.5 Å². The molecule has 0 fully saturated rings. The number of hydrogen-bond donors (Lipinski definition) is 3. The highest BCUT2D eigenvalue weighted by atomic mass is 35.5. The smallest absolute Gasteiger partial charge is 0.231 e. The molecule has 4 N–H and O–H groups in total. The lowest BCUT2D eigenvalue weighted by Gasteiger charge is -2.25. The van der Waals surface area contributed by atoms with Crippen LogP contribution in [0.1, 0.15) is 5.56 Å². The van der Waals surface area contributed by atoms with Crippen LogP contribution in [0.2, 0.25) is 0 Å². The minimum Gasteiger partial charge on any atom is -0.497 e. The van der Waals surface area contributed by atoms with Crippen molar-refractivity contribution in [1.82, 2.24) is 10.2 Å². The summed E-state index contributed by atoms with van der Waals surface area (Å²) in [5, 5.41) is 9.58. The number of ether oxygens (including phenoxy) is 2. The first-order valence-corrected chi connectivity index (χ1v) is 8.64. The van der Waals surface area contributed by atoms with Gasteiger partial charge in [-0.2, -0.15) is 5.10 Å². The average molecular weight is 401 g/mol. The van der Waals surface area contributed by atoms with Crippen molar-refractivity contribution in [3.8, 4) is 22.6 Å². The number of carbonyl (C=O) groups excluding carboxylic acids is 1. The van der Waals surface area contributed by atoms with E-state index >= 15 is 0 Å². The number of nitrogens with two attached hydrogens (primary N) is 1. The Bertz CT molecular complexity index is 972. The standard InChI is InChI=1S/C20H20N4O3.ClH/c1-26-16-6-7-18-13(9-16)8-14(11-27-18)20(25)23-15-4-2-12(3-5-15)17-10-22-24-19(17)21;/h2-7,9-10,14H,8,11H2,1H3,(H,23,25)(H3,21,22,24);1H. The van der Waals surface area contributed by atoms with Gasteiger partial charge in [-0.3, -0.25) is 9.89 Å². The van der Waals surface area contributed by atoms with E-state index in [9.17, 15) is 4.79 Å². The van der Waals surface area contributed by atoms with Crippen LogP contribution in [0, 0.1) is 5.92 Å². The number of methoxy groups -OCH3 is 1. The van der Waals surface area contributed by atoms with Gasteiger partial charge in [0.1, 0.15) is 23.9 Å². The molecule has 1 aromatic heterocycles. The molecule has 0 saturated heterocycles. The first kappa shape index (κ1) is 19.6. The van der Waals surface area contributed by atoms with Gasteiger partial charge in [-0.25, -0.2) is 0 Å². The van der Waals surface area contributed by atoms with Crippen LogP contribution in [0.3, 0.4) is 0 Å². The third-order valence-electron chi connectivity index (χ3n) is 4.68. The van der Waals surface area contributed by atoms with Crippen LogP contribution in [-0.2, 0) is 11.2 Å². The predicted octanol–water partition coefficient (Wildman–Crippen LogP) is 3.28. The zero-order chi connectivity index (χ0) is 18.8. The Morgan fingerprint density at radius 3 is 2.75 bits per heavy atom. The van der Waals surface area contributed by atoms with E-state index in [-0.39, 0.29) is 24.2 Å². The third kappa shape index (κ3) is 3.89. The molecule has 7 nitrogen and oxygen atoms in total. The van der Waals surface area contributed by atoms with Crippen molar-refractivity contribution >= 4 is 29.8 Å². The Hall–Kier alpha value is -3.19. The van der Waals surface area contributed by atoms with Crippen molar-refractivity contribution in [2.24, 2.45) is 5.92 Å². The van der Waals surface area contributed by atoms with E-state index in [2.05, 4.69) is 15.5 Å². The number of amides is 1. The predicted molar refractivity (Wildman–Crippen MR) is 110 cm³/mol. The fraction of sp³-hybridized carbons (Fsp3) is 0.200. The molecule has 1 aliphatic rings. The number of hydrogen-bond acceptors (Lipinski definition) is 5. The van der Waals surface area contributed by atoms with Gasteiger partial charge in [0.15, 0.2) is 0 Å². The van der Waals surface area contributed by atoms with E-state index in [1.54, 1.807) is 13.3 Å². The Labute approximate surface area is 168 Å². The fourth-order valence-corrected chi connectivity index (χ4v) is 3.17. The maximum Gasteiger partial charge on any atom is 0.231 e. The molecule has 28 heavy (non-hydrogen) atoms. The Balaban J connectivity index is 0.00000225. The lowest BCUT2D eigenvalue weighted by Crippen LogP contribution is -2.32. The highest BCUT2D eigenvalue weighted by Crippen LogP contribution is 2.31. The molecular formula is C20H21ClN4O3. The highest BCUT2D eigenvalue weighted by molar-refractivity contribution is 5.93. The van der Waals surface area contributed by atoms with E-state index in [1.165, 1.54) is 0 Å². The van der Waals surface area contributed by atoms with Crippen molar-refractivity contribution < 1.29 is 14.3 Å². The van der Waals surface area contributed by atoms with Crippen molar-refractivity contribution in [3.05, 3.63) is 54.2 Å². The van der Waals surface area contributed by atoms with Crippen LogP contribution in [0.5, 0.6) is 11.5 Å². The first-order valence-electron chi connectivity index (χ1n) is 8.64. The third-order valence-corrected chi connectivity index (χ3v) is 4.68. The summed E-state index contributed by atoms with van der Waals surface area (Å²) in [6, 6.07) is 13.1. The largest absolute Gasteiger partial charge is 0.497 e. The molecule has 1 amide bonds. The number of aromatic amines is 1. The number of H-pyrrole nitrogens is 1.